The molecule has 0 aromatic carbocycles. The van der Waals surface area contributed by atoms with Crippen molar-refractivity contribution in [2.45, 2.75) is 96.8 Å². The highest BCUT2D eigenvalue weighted by molar-refractivity contribution is 5.73. The minimum atomic E-state index is -0.575. The Bertz CT molecular complexity index is 250. The summed E-state index contributed by atoms with van der Waals surface area (Å²) < 4.78 is 0. The summed E-state index contributed by atoms with van der Waals surface area (Å²) in [5, 5.41) is 8.81. The molecule has 1 saturated carbocycles. The summed E-state index contributed by atoms with van der Waals surface area (Å²) in [6.45, 7) is 2.27. The molecule has 1 rings (SSSR count). The van der Waals surface area contributed by atoms with E-state index in [0.717, 1.165) is 12.8 Å². The maximum atomic E-state index is 10.7. The molecule has 0 aromatic heterocycles. The van der Waals surface area contributed by atoms with E-state index in [2.05, 4.69) is 6.92 Å². The Morgan fingerprint density at radius 1 is 0.850 bits per heavy atom. The van der Waals surface area contributed by atoms with Crippen LogP contribution in [0.4, 0.5) is 0 Å². The van der Waals surface area contributed by atoms with Gasteiger partial charge in [-0.15, -0.1) is 0 Å². The highest BCUT2D eigenvalue weighted by atomic mass is 16.4. The van der Waals surface area contributed by atoms with Crippen LogP contribution in [0.5, 0.6) is 0 Å². The van der Waals surface area contributed by atoms with Crippen LogP contribution in [0.1, 0.15) is 96.8 Å². The van der Waals surface area contributed by atoms with Crippen LogP contribution in [0.15, 0.2) is 0 Å². The van der Waals surface area contributed by atoms with E-state index < -0.39 is 5.97 Å². The molecule has 1 aliphatic carbocycles. The van der Waals surface area contributed by atoms with E-state index >= 15 is 0 Å². The molecule has 0 bridgehead atoms. The maximum absolute atomic E-state index is 10.7. The Labute approximate surface area is 125 Å². The van der Waals surface area contributed by atoms with E-state index in [9.17, 15) is 4.79 Å². The highest BCUT2D eigenvalue weighted by Crippen LogP contribution is 2.42. The molecule has 0 heterocycles. The first-order valence-corrected chi connectivity index (χ1v) is 8.98. The van der Waals surface area contributed by atoms with Gasteiger partial charge in [0, 0.05) is 0 Å². The van der Waals surface area contributed by atoms with Gasteiger partial charge < -0.3 is 5.11 Å². The number of hydrogen-bond donors (Lipinski definition) is 1. The van der Waals surface area contributed by atoms with Gasteiger partial charge in [-0.1, -0.05) is 84.0 Å². The fourth-order valence-corrected chi connectivity index (χ4v) is 3.12. The molecule has 20 heavy (non-hydrogen) atoms. The second-order valence-electron chi connectivity index (χ2n) is 6.62. The first kappa shape index (κ1) is 17.5. The second-order valence-corrected chi connectivity index (χ2v) is 6.62. The lowest BCUT2D eigenvalue weighted by atomic mass is 10.0. The van der Waals surface area contributed by atoms with E-state index in [1.54, 1.807) is 0 Å². The second kappa shape index (κ2) is 11.2. The molecule has 2 unspecified atom stereocenters. The zero-order valence-corrected chi connectivity index (χ0v) is 13.4. The van der Waals surface area contributed by atoms with E-state index in [0.29, 0.717) is 5.92 Å². The van der Waals surface area contributed by atoms with Gasteiger partial charge in [0.1, 0.15) is 0 Å². The SMILES string of the molecule is CCCCCCCCCCCCCCC1CC1C(=O)O. The van der Waals surface area contributed by atoms with E-state index in [4.69, 9.17) is 5.11 Å². The number of aliphatic carboxylic acids is 1. The average Bonchev–Trinajstić information content (AvgIpc) is 3.20. The van der Waals surface area contributed by atoms with Crippen LogP contribution >= 0.6 is 0 Å². The van der Waals surface area contributed by atoms with E-state index in [1.807, 2.05) is 0 Å². The zero-order valence-electron chi connectivity index (χ0n) is 13.4. The zero-order chi connectivity index (χ0) is 14.6. The largest absolute Gasteiger partial charge is 0.481 e. The molecule has 2 atom stereocenters. The van der Waals surface area contributed by atoms with Crippen LogP contribution in [0.25, 0.3) is 0 Å². The Balaban J connectivity index is 1.70. The highest BCUT2D eigenvalue weighted by Gasteiger charge is 2.42. The summed E-state index contributed by atoms with van der Waals surface area (Å²) in [6.07, 6.45) is 18.6. The number of rotatable bonds is 14. The smallest absolute Gasteiger partial charge is 0.306 e. The van der Waals surface area contributed by atoms with Crippen LogP contribution < -0.4 is 0 Å². The Morgan fingerprint density at radius 3 is 1.70 bits per heavy atom. The molecule has 2 nitrogen and oxygen atoms in total. The monoisotopic (exact) mass is 282 g/mol. The molecule has 0 spiro atoms. The third-order valence-corrected chi connectivity index (χ3v) is 4.67. The van der Waals surface area contributed by atoms with Crippen LogP contribution in [0, 0.1) is 11.8 Å². The number of carboxylic acid groups (broad SMARTS) is 1. The number of carbonyl (C=O) groups is 1. The molecule has 2 heteroatoms. The van der Waals surface area contributed by atoms with Gasteiger partial charge in [0.25, 0.3) is 0 Å². The number of carboxylic acids is 1. The molecule has 0 radical (unpaired) electrons. The summed E-state index contributed by atoms with van der Waals surface area (Å²) in [5.74, 6) is -0.0627. The third kappa shape index (κ3) is 8.60. The predicted molar refractivity (Wildman–Crippen MR) is 84.9 cm³/mol. The number of hydrogen-bond acceptors (Lipinski definition) is 1. The van der Waals surface area contributed by atoms with E-state index in [-0.39, 0.29) is 5.92 Å². The summed E-state index contributed by atoms with van der Waals surface area (Å²) >= 11 is 0. The van der Waals surface area contributed by atoms with Gasteiger partial charge in [0.2, 0.25) is 0 Å². The normalized spacial score (nSPS) is 21.1. The summed E-state index contributed by atoms with van der Waals surface area (Å²) in [6, 6.07) is 0. The van der Waals surface area contributed by atoms with Crippen molar-refractivity contribution in [2.24, 2.45) is 11.8 Å². The lowest BCUT2D eigenvalue weighted by Gasteiger charge is -2.02. The molecule has 1 N–H and O–H groups in total. The van der Waals surface area contributed by atoms with Gasteiger partial charge in [0.05, 0.1) is 5.92 Å². The van der Waals surface area contributed by atoms with Gasteiger partial charge in [-0.2, -0.15) is 0 Å². The third-order valence-electron chi connectivity index (χ3n) is 4.67. The standard InChI is InChI=1S/C18H34O2/c1-2-3-4-5-6-7-8-9-10-11-12-13-14-16-15-17(16)18(19)20/h16-17H,2-15H2,1H3,(H,19,20). The van der Waals surface area contributed by atoms with Crippen molar-refractivity contribution in [1.82, 2.24) is 0 Å². The molecule has 0 amide bonds. The van der Waals surface area contributed by atoms with Crippen LogP contribution in [-0.4, -0.2) is 11.1 Å². The van der Waals surface area contributed by atoms with Crippen LogP contribution in [0.2, 0.25) is 0 Å². The van der Waals surface area contributed by atoms with Crippen molar-refractivity contribution >= 4 is 5.97 Å². The molecule has 118 valence electrons. The predicted octanol–water partition coefficient (Wildman–Crippen LogP) is 5.80. The molecule has 0 aliphatic heterocycles. The molecular weight excluding hydrogens is 248 g/mol. The molecule has 0 aromatic rings. The Morgan fingerprint density at radius 2 is 1.30 bits per heavy atom. The minimum Gasteiger partial charge on any atom is -0.481 e. The van der Waals surface area contributed by atoms with Gasteiger partial charge in [-0.05, 0) is 18.8 Å². The Kier molecular flexibility index (Phi) is 9.78. The van der Waals surface area contributed by atoms with Crippen molar-refractivity contribution in [3.63, 3.8) is 0 Å². The number of unbranched alkanes of at least 4 members (excludes halogenated alkanes) is 11. The van der Waals surface area contributed by atoms with Crippen molar-refractivity contribution in [2.75, 3.05) is 0 Å². The molecular formula is C18H34O2. The lowest BCUT2D eigenvalue weighted by Crippen LogP contribution is -1.99. The molecule has 0 saturated heterocycles. The van der Waals surface area contributed by atoms with Crippen molar-refractivity contribution < 1.29 is 9.90 Å². The van der Waals surface area contributed by atoms with Gasteiger partial charge in [0.15, 0.2) is 0 Å². The summed E-state index contributed by atoms with van der Waals surface area (Å²) in [5.41, 5.74) is 0. The first-order valence-electron chi connectivity index (χ1n) is 8.98. The van der Waals surface area contributed by atoms with Crippen molar-refractivity contribution in [3.8, 4) is 0 Å². The summed E-state index contributed by atoms with van der Waals surface area (Å²) in [4.78, 5) is 10.7. The quantitative estimate of drug-likeness (QED) is 0.409. The lowest BCUT2D eigenvalue weighted by molar-refractivity contribution is -0.138. The van der Waals surface area contributed by atoms with Gasteiger partial charge >= 0.3 is 5.97 Å². The van der Waals surface area contributed by atoms with Gasteiger partial charge in [-0.3, -0.25) is 4.79 Å². The first-order chi connectivity index (χ1) is 9.75. The van der Waals surface area contributed by atoms with Gasteiger partial charge in [-0.25, -0.2) is 0 Å². The maximum Gasteiger partial charge on any atom is 0.306 e. The van der Waals surface area contributed by atoms with Crippen molar-refractivity contribution in [3.05, 3.63) is 0 Å². The molecule has 1 fully saturated rings. The van der Waals surface area contributed by atoms with Crippen molar-refractivity contribution in [1.29, 1.82) is 0 Å². The summed E-state index contributed by atoms with van der Waals surface area (Å²) in [7, 11) is 0. The van der Waals surface area contributed by atoms with Crippen LogP contribution in [0.3, 0.4) is 0 Å². The van der Waals surface area contributed by atoms with E-state index in [1.165, 1.54) is 77.0 Å². The van der Waals surface area contributed by atoms with Crippen LogP contribution in [-0.2, 0) is 4.79 Å². The molecule has 1 aliphatic rings. The average molecular weight is 282 g/mol. The fraction of sp³-hybridized carbons (Fsp3) is 0.944. The topological polar surface area (TPSA) is 37.3 Å². The Hall–Kier alpha value is -0.530. The minimum absolute atomic E-state index is 0.00251. The fourth-order valence-electron chi connectivity index (χ4n) is 3.12.